The fourth-order valence-electron chi connectivity index (χ4n) is 4.24. The highest BCUT2D eigenvalue weighted by Crippen LogP contribution is 2.44. The Morgan fingerprint density at radius 3 is 1.91 bits per heavy atom. The van der Waals surface area contributed by atoms with Crippen LogP contribution in [-0.4, -0.2) is 5.11 Å². The van der Waals surface area contributed by atoms with Gasteiger partial charge in [-0.05, 0) is 61.3 Å². The van der Waals surface area contributed by atoms with E-state index in [0.717, 1.165) is 5.39 Å². The maximum Gasteiger partial charge on any atom is 0.123 e. The van der Waals surface area contributed by atoms with E-state index in [1.165, 1.54) is 48.5 Å². The van der Waals surface area contributed by atoms with Gasteiger partial charge < -0.3 is 5.11 Å². The van der Waals surface area contributed by atoms with E-state index >= 15 is 0 Å². The first-order chi connectivity index (χ1) is 11.3. The fourth-order valence-corrected chi connectivity index (χ4v) is 4.24. The zero-order valence-corrected chi connectivity index (χ0v) is 12.3. The largest absolute Gasteiger partial charge is 0.507 e. The predicted octanol–water partition coefficient (Wildman–Crippen LogP) is 6.03. The molecule has 0 saturated carbocycles. The van der Waals surface area contributed by atoms with Crippen LogP contribution in [0, 0.1) is 0 Å². The molecule has 0 aliphatic carbocycles. The highest BCUT2D eigenvalue weighted by atomic mass is 16.3. The topological polar surface area (TPSA) is 20.2 Å². The van der Waals surface area contributed by atoms with Gasteiger partial charge in [0.1, 0.15) is 5.75 Å². The summed E-state index contributed by atoms with van der Waals surface area (Å²) in [6.45, 7) is 0. The van der Waals surface area contributed by atoms with E-state index in [0.29, 0.717) is 5.75 Å². The van der Waals surface area contributed by atoms with Gasteiger partial charge in [-0.25, -0.2) is 0 Å². The molecular weight excluding hydrogens is 280 g/mol. The minimum Gasteiger partial charge on any atom is -0.507 e. The molecule has 0 atom stereocenters. The van der Waals surface area contributed by atoms with Crippen molar-refractivity contribution in [2.75, 3.05) is 0 Å². The lowest BCUT2D eigenvalue weighted by Crippen LogP contribution is -1.89. The molecule has 0 spiro atoms. The van der Waals surface area contributed by atoms with Gasteiger partial charge in [-0.1, -0.05) is 48.5 Å². The molecule has 6 aromatic rings. The smallest absolute Gasteiger partial charge is 0.123 e. The van der Waals surface area contributed by atoms with Crippen molar-refractivity contribution >= 4 is 53.9 Å². The van der Waals surface area contributed by atoms with Gasteiger partial charge in [0.15, 0.2) is 0 Å². The summed E-state index contributed by atoms with van der Waals surface area (Å²) in [6, 6.07) is 23.4. The number of hydrogen-bond acceptors (Lipinski definition) is 1. The van der Waals surface area contributed by atoms with Crippen LogP contribution < -0.4 is 0 Å². The lowest BCUT2D eigenvalue weighted by molar-refractivity contribution is 0.482. The number of hydrogen-bond donors (Lipinski definition) is 1. The van der Waals surface area contributed by atoms with E-state index in [-0.39, 0.29) is 0 Å². The number of rotatable bonds is 0. The average Bonchev–Trinajstić information content (AvgIpc) is 2.59. The SMILES string of the molecule is Oc1ccc2ccc3cc4cccc5ccc6cc1c2c3c6c54. The number of benzene rings is 6. The molecule has 23 heavy (non-hydrogen) atoms. The van der Waals surface area contributed by atoms with E-state index in [1.54, 1.807) is 6.07 Å². The van der Waals surface area contributed by atoms with Gasteiger partial charge in [0, 0.05) is 10.8 Å². The zero-order valence-electron chi connectivity index (χ0n) is 12.3. The minimum absolute atomic E-state index is 0.357. The van der Waals surface area contributed by atoms with Gasteiger partial charge in [-0.2, -0.15) is 0 Å². The van der Waals surface area contributed by atoms with Crippen molar-refractivity contribution in [1.29, 1.82) is 0 Å². The van der Waals surface area contributed by atoms with Crippen molar-refractivity contribution in [2.24, 2.45) is 0 Å². The molecule has 0 aliphatic rings. The summed E-state index contributed by atoms with van der Waals surface area (Å²) in [6.07, 6.45) is 0. The summed E-state index contributed by atoms with van der Waals surface area (Å²) >= 11 is 0. The number of phenols is 1. The summed E-state index contributed by atoms with van der Waals surface area (Å²) in [4.78, 5) is 0. The van der Waals surface area contributed by atoms with E-state index in [1.807, 2.05) is 6.07 Å². The summed E-state index contributed by atoms with van der Waals surface area (Å²) in [5.41, 5.74) is 0. The Kier molecular flexibility index (Phi) is 1.82. The van der Waals surface area contributed by atoms with Gasteiger partial charge in [0.05, 0.1) is 0 Å². The second kappa shape index (κ2) is 3.64. The first-order valence-electron chi connectivity index (χ1n) is 7.85. The van der Waals surface area contributed by atoms with Gasteiger partial charge in [-0.3, -0.25) is 0 Å². The summed E-state index contributed by atoms with van der Waals surface area (Å²) in [5.74, 6) is 0.357. The highest BCUT2D eigenvalue weighted by Gasteiger charge is 2.16. The second-order valence-corrected chi connectivity index (χ2v) is 6.39. The molecule has 0 saturated heterocycles. The Morgan fingerprint density at radius 1 is 0.478 bits per heavy atom. The third-order valence-corrected chi connectivity index (χ3v) is 5.21. The molecule has 1 heteroatoms. The number of phenolic OH excluding ortho intramolecular Hbond substituents is 1. The molecule has 0 radical (unpaired) electrons. The molecule has 0 amide bonds. The molecule has 0 heterocycles. The molecule has 0 aromatic heterocycles. The van der Waals surface area contributed by atoms with E-state index in [9.17, 15) is 5.11 Å². The van der Waals surface area contributed by atoms with Crippen molar-refractivity contribution in [2.45, 2.75) is 0 Å². The summed E-state index contributed by atoms with van der Waals surface area (Å²) < 4.78 is 0. The third-order valence-electron chi connectivity index (χ3n) is 5.21. The maximum atomic E-state index is 10.4. The van der Waals surface area contributed by atoms with Crippen molar-refractivity contribution in [3.63, 3.8) is 0 Å². The monoisotopic (exact) mass is 292 g/mol. The van der Waals surface area contributed by atoms with Crippen LogP contribution in [0.1, 0.15) is 0 Å². The quantitative estimate of drug-likeness (QED) is 0.267. The van der Waals surface area contributed by atoms with E-state index < -0.39 is 0 Å². The van der Waals surface area contributed by atoms with Crippen LogP contribution in [0.3, 0.4) is 0 Å². The molecule has 0 fully saturated rings. The number of aromatic hydroxyl groups is 1. The molecule has 1 nitrogen and oxygen atoms in total. The molecule has 0 unspecified atom stereocenters. The van der Waals surface area contributed by atoms with Gasteiger partial charge in [-0.15, -0.1) is 0 Å². The van der Waals surface area contributed by atoms with Crippen LogP contribution in [0.5, 0.6) is 5.75 Å². The molecule has 106 valence electrons. The molecule has 6 aromatic carbocycles. The van der Waals surface area contributed by atoms with Crippen LogP contribution in [0.25, 0.3) is 53.9 Å². The van der Waals surface area contributed by atoms with E-state index in [4.69, 9.17) is 0 Å². The summed E-state index contributed by atoms with van der Waals surface area (Å²) in [5, 5.41) is 22.6. The van der Waals surface area contributed by atoms with Crippen LogP contribution in [-0.2, 0) is 0 Å². The van der Waals surface area contributed by atoms with Gasteiger partial charge >= 0.3 is 0 Å². The van der Waals surface area contributed by atoms with Crippen molar-refractivity contribution in [3.8, 4) is 5.75 Å². The third kappa shape index (κ3) is 1.25. The van der Waals surface area contributed by atoms with Crippen molar-refractivity contribution in [3.05, 3.63) is 66.7 Å². The Labute approximate surface area is 132 Å². The van der Waals surface area contributed by atoms with Crippen LogP contribution >= 0.6 is 0 Å². The van der Waals surface area contributed by atoms with E-state index in [2.05, 4.69) is 54.6 Å². The average molecular weight is 292 g/mol. The van der Waals surface area contributed by atoms with Crippen LogP contribution in [0.4, 0.5) is 0 Å². The molecule has 0 aliphatic heterocycles. The standard InChI is InChI=1S/C22H12O/c23-18-9-8-13-5-6-15-10-14-3-1-2-12-4-7-16-11-17(18)20(13)22(15)21(16)19(12)14/h1-11,23H. The predicted molar refractivity (Wildman–Crippen MR) is 98.0 cm³/mol. The molecule has 0 bridgehead atoms. The Balaban J connectivity index is 2.13. The minimum atomic E-state index is 0.357. The van der Waals surface area contributed by atoms with Gasteiger partial charge in [0.2, 0.25) is 0 Å². The Hall–Kier alpha value is -3.06. The fraction of sp³-hybridized carbons (Fsp3) is 0. The maximum absolute atomic E-state index is 10.4. The lowest BCUT2D eigenvalue weighted by Gasteiger charge is -2.17. The molecule has 1 N–H and O–H groups in total. The Bertz CT molecular complexity index is 1360. The van der Waals surface area contributed by atoms with Crippen LogP contribution in [0.2, 0.25) is 0 Å². The van der Waals surface area contributed by atoms with Gasteiger partial charge in [0.25, 0.3) is 0 Å². The van der Waals surface area contributed by atoms with Crippen molar-refractivity contribution < 1.29 is 5.11 Å². The first-order valence-corrected chi connectivity index (χ1v) is 7.85. The second-order valence-electron chi connectivity index (χ2n) is 6.39. The lowest BCUT2D eigenvalue weighted by atomic mass is 9.87. The normalized spacial score (nSPS) is 12.5. The zero-order chi connectivity index (χ0) is 15.1. The highest BCUT2D eigenvalue weighted by molar-refractivity contribution is 6.36. The summed E-state index contributed by atoms with van der Waals surface area (Å²) in [7, 11) is 0. The molecule has 6 rings (SSSR count). The van der Waals surface area contributed by atoms with Crippen molar-refractivity contribution in [1.82, 2.24) is 0 Å². The first kappa shape index (κ1) is 11.5. The molecular formula is C22H12O. The van der Waals surface area contributed by atoms with Crippen LogP contribution in [0.15, 0.2) is 66.7 Å². The Morgan fingerprint density at radius 2 is 1.04 bits per heavy atom.